The van der Waals surface area contributed by atoms with Crippen LogP contribution in [0.15, 0.2) is 29.2 Å². The van der Waals surface area contributed by atoms with E-state index in [1.807, 2.05) is 0 Å². The molecule has 0 bridgehead atoms. The molecule has 0 aromatic heterocycles. The second-order valence-electron chi connectivity index (χ2n) is 6.97. The molecular formula is C16H21F3N2O3S. The van der Waals surface area contributed by atoms with Gasteiger partial charge in [0.05, 0.1) is 10.5 Å². The molecule has 1 aliphatic heterocycles. The molecule has 1 aromatic rings. The van der Waals surface area contributed by atoms with Crippen molar-refractivity contribution < 1.29 is 26.4 Å². The van der Waals surface area contributed by atoms with Crippen LogP contribution in [0.4, 0.5) is 13.2 Å². The van der Waals surface area contributed by atoms with Gasteiger partial charge in [-0.3, -0.25) is 4.79 Å². The molecule has 0 spiro atoms. The van der Waals surface area contributed by atoms with Crippen molar-refractivity contribution in [3.05, 3.63) is 29.8 Å². The highest BCUT2D eigenvalue weighted by Gasteiger charge is 2.35. The zero-order valence-corrected chi connectivity index (χ0v) is 15.1. The van der Waals surface area contributed by atoms with Crippen LogP contribution >= 0.6 is 0 Å². The zero-order chi connectivity index (χ0) is 19.0. The minimum atomic E-state index is -4.51. The third-order valence-corrected chi connectivity index (χ3v) is 5.90. The lowest BCUT2D eigenvalue weighted by atomic mass is 9.94. The number of nitrogens with zero attached hydrogens (tertiary/aromatic N) is 2. The number of benzene rings is 1. The summed E-state index contributed by atoms with van der Waals surface area (Å²) < 4.78 is 64.1. The number of piperazine rings is 1. The summed E-state index contributed by atoms with van der Waals surface area (Å²) in [6.07, 6.45) is -4.51. The SMILES string of the molecule is CC(C)(C)C(=O)N1CCN(S(=O)(=O)c2ccc(C(F)(F)F)cc2)CC1. The molecule has 25 heavy (non-hydrogen) atoms. The van der Waals surface area contributed by atoms with Crippen LogP contribution in [0.25, 0.3) is 0 Å². The number of alkyl halides is 3. The lowest BCUT2D eigenvalue weighted by Gasteiger charge is -2.37. The number of carbonyl (C=O) groups is 1. The topological polar surface area (TPSA) is 57.7 Å². The van der Waals surface area contributed by atoms with E-state index in [9.17, 15) is 26.4 Å². The van der Waals surface area contributed by atoms with Crippen LogP contribution in [-0.2, 0) is 21.0 Å². The monoisotopic (exact) mass is 378 g/mol. The van der Waals surface area contributed by atoms with Gasteiger partial charge >= 0.3 is 6.18 Å². The van der Waals surface area contributed by atoms with Gasteiger partial charge in [-0.2, -0.15) is 17.5 Å². The van der Waals surface area contributed by atoms with Crippen molar-refractivity contribution >= 4 is 15.9 Å². The first-order valence-electron chi connectivity index (χ1n) is 7.80. The van der Waals surface area contributed by atoms with Crippen molar-refractivity contribution in [2.45, 2.75) is 31.8 Å². The van der Waals surface area contributed by atoms with Crippen molar-refractivity contribution in [2.75, 3.05) is 26.2 Å². The Bertz CT molecular complexity index is 729. The molecule has 0 aliphatic carbocycles. The van der Waals surface area contributed by atoms with Crippen molar-refractivity contribution in [3.8, 4) is 0 Å². The van der Waals surface area contributed by atoms with Crippen LogP contribution in [0, 0.1) is 5.41 Å². The summed E-state index contributed by atoms with van der Waals surface area (Å²) in [5.74, 6) is -0.0564. The van der Waals surface area contributed by atoms with Crippen LogP contribution in [0.2, 0.25) is 0 Å². The summed E-state index contributed by atoms with van der Waals surface area (Å²) in [6.45, 7) is 6.13. The number of rotatable bonds is 2. The maximum atomic E-state index is 12.6. The predicted octanol–water partition coefficient (Wildman–Crippen LogP) is 2.58. The van der Waals surface area contributed by atoms with Gasteiger partial charge in [0.2, 0.25) is 15.9 Å². The number of halogens is 3. The Morgan fingerprint density at radius 2 is 1.44 bits per heavy atom. The summed E-state index contributed by atoms with van der Waals surface area (Å²) in [6, 6.07) is 3.44. The molecule has 0 saturated carbocycles. The standard InChI is InChI=1S/C16H21F3N2O3S/c1-15(2,3)14(22)20-8-10-21(11-9-20)25(23,24)13-6-4-12(5-7-13)16(17,18)19/h4-7H,8-11H2,1-3H3. The van der Waals surface area contributed by atoms with E-state index in [0.29, 0.717) is 0 Å². The van der Waals surface area contributed by atoms with E-state index in [1.54, 1.807) is 25.7 Å². The minimum Gasteiger partial charge on any atom is -0.340 e. The Labute approximate surface area is 145 Å². The van der Waals surface area contributed by atoms with Crippen molar-refractivity contribution in [1.29, 1.82) is 0 Å². The summed E-state index contributed by atoms with van der Waals surface area (Å²) in [4.78, 5) is 13.7. The van der Waals surface area contributed by atoms with Gasteiger partial charge in [0.25, 0.3) is 0 Å². The van der Waals surface area contributed by atoms with E-state index in [0.717, 1.165) is 24.3 Å². The molecular weight excluding hydrogens is 357 g/mol. The Kier molecular flexibility index (Phi) is 5.21. The van der Waals surface area contributed by atoms with E-state index in [-0.39, 0.29) is 37.0 Å². The molecule has 1 heterocycles. The molecule has 140 valence electrons. The second kappa shape index (κ2) is 6.60. The molecule has 1 aliphatic rings. The zero-order valence-electron chi connectivity index (χ0n) is 14.3. The highest BCUT2D eigenvalue weighted by atomic mass is 32.2. The van der Waals surface area contributed by atoms with Crippen LogP contribution in [-0.4, -0.2) is 49.7 Å². The first kappa shape index (κ1) is 19.7. The Morgan fingerprint density at radius 1 is 0.960 bits per heavy atom. The fraction of sp³-hybridized carbons (Fsp3) is 0.562. The molecule has 1 fully saturated rings. The largest absolute Gasteiger partial charge is 0.416 e. The molecule has 0 radical (unpaired) electrons. The highest BCUT2D eigenvalue weighted by molar-refractivity contribution is 7.89. The average molecular weight is 378 g/mol. The van der Waals surface area contributed by atoms with Crippen molar-refractivity contribution in [2.24, 2.45) is 5.41 Å². The molecule has 1 aromatic carbocycles. The first-order valence-corrected chi connectivity index (χ1v) is 9.24. The number of amides is 1. The fourth-order valence-electron chi connectivity index (χ4n) is 2.57. The number of hydrogen-bond acceptors (Lipinski definition) is 3. The maximum Gasteiger partial charge on any atom is 0.416 e. The third kappa shape index (κ3) is 4.33. The second-order valence-corrected chi connectivity index (χ2v) is 8.91. The van der Waals surface area contributed by atoms with Gasteiger partial charge in [0.15, 0.2) is 0 Å². The summed E-state index contributed by atoms with van der Waals surface area (Å²) in [5, 5.41) is 0. The molecule has 9 heteroatoms. The number of hydrogen-bond donors (Lipinski definition) is 0. The number of sulfonamides is 1. The lowest BCUT2D eigenvalue weighted by Crippen LogP contribution is -2.52. The van der Waals surface area contributed by atoms with Gasteiger partial charge in [-0.1, -0.05) is 20.8 Å². The van der Waals surface area contributed by atoms with Crippen LogP contribution in [0.3, 0.4) is 0 Å². The van der Waals surface area contributed by atoms with Gasteiger partial charge in [-0.25, -0.2) is 8.42 Å². The van der Waals surface area contributed by atoms with Crippen molar-refractivity contribution in [3.63, 3.8) is 0 Å². The van der Waals surface area contributed by atoms with Gasteiger partial charge in [0.1, 0.15) is 0 Å². The molecule has 0 atom stereocenters. The Morgan fingerprint density at radius 3 is 1.84 bits per heavy atom. The molecule has 0 N–H and O–H groups in total. The fourth-order valence-corrected chi connectivity index (χ4v) is 3.99. The molecule has 1 amide bonds. The molecule has 2 rings (SSSR count). The van der Waals surface area contributed by atoms with E-state index in [2.05, 4.69) is 0 Å². The summed E-state index contributed by atoms with van der Waals surface area (Å²) in [5.41, 5.74) is -1.44. The summed E-state index contributed by atoms with van der Waals surface area (Å²) in [7, 11) is -3.88. The Hall–Kier alpha value is -1.61. The summed E-state index contributed by atoms with van der Waals surface area (Å²) >= 11 is 0. The van der Waals surface area contributed by atoms with Crippen LogP contribution < -0.4 is 0 Å². The van der Waals surface area contributed by atoms with Gasteiger partial charge in [0, 0.05) is 31.6 Å². The highest BCUT2D eigenvalue weighted by Crippen LogP contribution is 2.30. The van der Waals surface area contributed by atoms with E-state index in [1.165, 1.54) is 4.31 Å². The Balaban J connectivity index is 2.11. The third-order valence-electron chi connectivity index (χ3n) is 3.99. The molecule has 5 nitrogen and oxygen atoms in total. The normalized spacial score (nSPS) is 17.6. The maximum absolute atomic E-state index is 12.6. The minimum absolute atomic E-state index is 0.0564. The predicted molar refractivity (Wildman–Crippen MR) is 86.2 cm³/mol. The smallest absolute Gasteiger partial charge is 0.340 e. The van der Waals surface area contributed by atoms with E-state index in [4.69, 9.17) is 0 Å². The van der Waals surface area contributed by atoms with Gasteiger partial charge < -0.3 is 4.90 Å². The number of carbonyl (C=O) groups excluding carboxylic acids is 1. The lowest BCUT2D eigenvalue weighted by molar-refractivity contribution is -0.140. The van der Waals surface area contributed by atoms with E-state index < -0.39 is 27.2 Å². The van der Waals surface area contributed by atoms with Crippen molar-refractivity contribution in [1.82, 2.24) is 9.21 Å². The average Bonchev–Trinajstić information content (AvgIpc) is 2.52. The van der Waals surface area contributed by atoms with Gasteiger partial charge in [-0.15, -0.1) is 0 Å². The van der Waals surface area contributed by atoms with Crippen LogP contribution in [0.1, 0.15) is 26.3 Å². The van der Waals surface area contributed by atoms with Crippen LogP contribution in [0.5, 0.6) is 0 Å². The molecule has 1 saturated heterocycles. The quantitative estimate of drug-likeness (QED) is 0.795. The van der Waals surface area contributed by atoms with Gasteiger partial charge in [-0.05, 0) is 24.3 Å². The molecule has 0 unspecified atom stereocenters. The first-order chi connectivity index (χ1) is 11.3. The van der Waals surface area contributed by atoms with E-state index >= 15 is 0 Å².